The lowest BCUT2D eigenvalue weighted by molar-refractivity contribution is 0.669. The summed E-state index contributed by atoms with van der Waals surface area (Å²) in [6.45, 7) is 0. The molecule has 0 unspecified atom stereocenters. The van der Waals surface area contributed by atoms with Crippen LogP contribution in [-0.2, 0) is 0 Å². The number of fused-ring (bicyclic) bond motifs is 10. The van der Waals surface area contributed by atoms with E-state index >= 15 is 0 Å². The number of para-hydroxylation sites is 4. The zero-order valence-corrected chi connectivity index (χ0v) is 30.5. The molecule has 4 aromatic heterocycles. The molecule has 0 fully saturated rings. The molecular formula is C51H31N5O. The van der Waals surface area contributed by atoms with Crippen molar-refractivity contribution in [2.45, 2.75) is 0 Å². The first-order valence-electron chi connectivity index (χ1n) is 19.1. The van der Waals surface area contributed by atoms with Crippen molar-refractivity contribution in [1.29, 1.82) is 0 Å². The Bertz CT molecular complexity index is 3450. The minimum absolute atomic E-state index is 0.559. The zero-order valence-electron chi connectivity index (χ0n) is 30.5. The highest BCUT2D eigenvalue weighted by Crippen LogP contribution is 2.42. The number of benzene rings is 8. The number of rotatable bonds is 5. The molecule has 0 atom stereocenters. The third kappa shape index (κ3) is 4.87. The highest BCUT2D eigenvalue weighted by molar-refractivity contribution is 6.24. The molecule has 4 heterocycles. The van der Waals surface area contributed by atoms with Crippen molar-refractivity contribution >= 4 is 65.6 Å². The third-order valence-electron chi connectivity index (χ3n) is 11.2. The molecule has 0 aliphatic heterocycles. The predicted octanol–water partition coefficient (Wildman–Crippen LogP) is 13.0. The van der Waals surface area contributed by atoms with E-state index in [1.165, 1.54) is 10.8 Å². The lowest BCUT2D eigenvalue weighted by Gasteiger charge is -2.11. The first-order chi connectivity index (χ1) is 28.3. The summed E-state index contributed by atoms with van der Waals surface area (Å²) in [7, 11) is 0. The van der Waals surface area contributed by atoms with Gasteiger partial charge in [0, 0.05) is 43.7 Å². The molecule has 0 spiro atoms. The van der Waals surface area contributed by atoms with Gasteiger partial charge in [0.2, 0.25) is 5.95 Å². The molecule has 0 bridgehead atoms. The van der Waals surface area contributed by atoms with Gasteiger partial charge < -0.3 is 8.98 Å². The smallest absolute Gasteiger partial charge is 0.238 e. The molecule has 12 aromatic rings. The number of furan rings is 1. The van der Waals surface area contributed by atoms with Crippen molar-refractivity contribution in [3.05, 3.63) is 188 Å². The van der Waals surface area contributed by atoms with Gasteiger partial charge >= 0.3 is 0 Å². The quantitative estimate of drug-likeness (QED) is 0.177. The second kappa shape index (κ2) is 12.3. The summed E-state index contributed by atoms with van der Waals surface area (Å²) >= 11 is 0. The van der Waals surface area contributed by atoms with Crippen LogP contribution in [0.5, 0.6) is 0 Å². The first-order valence-corrected chi connectivity index (χ1v) is 19.1. The van der Waals surface area contributed by atoms with Gasteiger partial charge in [-0.2, -0.15) is 9.97 Å². The second-order valence-electron chi connectivity index (χ2n) is 14.4. The van der Waals surface area contributed by atoms with Gasteiger partial charge in [0.1, 0.15) is 11.2 Å². The average molecular weight is 730 g/mol. The molecule has 0 amide bonds. The topological polar surface area (TPSA) is 61.7 Å². The van der Waals surface area contributed by atoms with E-state index in [9.17, 15) is 0 Å². The highest BCUT2D eigenvalue weighted by Gasteiger charge is 2.21. The summed E-state index contributed by atoms with van der Waals surface area (Å²) in [5, 5.41) is 6.71. The number of nitrogens with zero attached hydrogens (tertiary/aromatic N) is 5. The van der Waals surface area contributed by atoms with E-state index in [4.69, 9.17) is 19.4 Å². The Morgan fingerprint density at radius 1 is 0.351 bits per heavy atom. The van der Waals surface area contributed by atoms with Crippen molar-refractivity contribution in [2.24, 2.45) is 0 Å². The van der Waals surface area contributed by atoms with E-state index in [0.29, 0.717) is 17.6 Å². The van der Waals surface area contributed by atoms with E-state index in [0.717, 1.165) is 82.7 Å². The molecule has 0 N–H and O–H groups in total. The largest absolute Gasteiger partial charge is 0.456 e. The van der Waals surface area contributed by atoms with Crippen molar-refractivity contribution < 1.29 is 4.42 Å². The molecule has 0 aliphatic carbocycles. The minimum atomic E-state index is 0.559. The normalized spacial score (nSPS) is 11.9. The molecule has 266 valence electrons. The third-order valence-corrected chi connectivity index (χ3v) is 11.2. The van der Waals surface area contributed by atoms with Gasteiger partial charge in [-0.3, -0.25) is 4.57 Å². The summed E-state index contributed by atoms with van der Waals surface area (Å²) in [5.41, 5.74) is 11.1. The first kappa shape index (κ1) is 31.5. The van der Waals surface area contributed by atoms with Gasteiger partial charge in [0.05, 0.1) is 27.5 Å². The summed E-state index contributed by atoms with van der Waals surface area (Å²) in [6, 6.07) is 65.5. The van der Waals surface area contributed by atoms with Crippen molar-refractivity contribution in [2.75, 3.05) is 0 Å². The van der Waals surface area contributed by atoms with Crippen LogP contribution in [-0.4, -0.2) is 24.1 Å². The maximum absolute atomic E-state index is 6.59. The molecular weight excluding hydrogens is 699 g/mol. The Hall–Kier alpha value is -7.83. The van der Waals surface area contributed by atoms with Gasteiger partial charge in [-0.05, 0) is 71.8 Å². The van der Waals surface area contributed by atoms with Crippen LogP contribution in [0.2, 0.25) is 0 Å². The van der Waals surface area contributed by atoms with Crippen LogP contribution in [0.3, 0.4) is 0 Å². The molecule has 57 heavy (non-hydrogen) atoms. The van der Waals surface area contributed by atoms with Crippen LogP contribution in [0.25, 0.3) is 111 Å². The summed E-state index contributed by atoms with van der Waals surface area (Å²) < 4.78 is 11.1. The Kier molecular flexibility index (Phi) is 6.83. The Morgan fingerprint density at radius 3 is 1.54 bits per heavy atom. The Morgan fingerprint density at radius 2 is 0.860 bits per heavy atom. The number of aromatic nitrogens is 5. The van der Waals surface area contributed by atoms with E-state index in [1.807, 2.05) is 12.1 Å². The fraction of sp³-hybridized carbons (Fsp3) is 0. The zero-order chi connectivity index (χ0) is 37.5. The molecule has 12 rings (SSSR count). The lowest BCUT2D eigenvalue weighted by Crippen LogP contribution is -2.06. The molecule has 0 radical (unpaired) electrons. The van der Waals surface area contributed by atoms with Gasteiger partial charge in [0.25, 0.3) is 0 Å². The fourth-order valence-electron chi connectivity index (χ4n) is 8.60. The molecule has 0 saturated heterocycles. The summed E-state index contributed by atoms with van der Waals surface area (Å²) in [5.74, 6) is 1.74. The standard InChI is InChI=1S/C51H31N5O/c1-3-13-32(14-4-1)33-23-25-34(26-24-33)49-52-50(54-51(53-49)56-43-21-11-7-17-37(43)38-18-8-12-22-44(38)56)35-27-29-45-41(31-35)47-46(57-45)30-28-40-39-19-9-10-20-42(39)55(48(40)47)36-15-5-2-6-16-36/h1-31H. The molecule has 8 aromatic carbocycles. The Balaban J connectivity index is 1.12. The number of hydrogen-bond donors (Lipinski definition) is 0. The Labute approximate surface area is 326 Å². The van der Waals surface area contributed by atoms with Crippen LogP contribution in [0.1, 0.15) is 0 Å². The van der Waals surface area contributed by atoms with E-state index in [1.54, 1.807) is 0 Å². The molecule has 6 nitrogen and oxygen atoms in total. The highest BCUT2D eigenvalue weighted by atomic mass is 16.3. The monoisotopic (exact) mass is 729 g/mol. The molecule has 6 heteroatoms. The van der Waals surface area contributed by atoms with Gasteiger partial charge in [0.15, 0.2) is 11.6 Å². The van der Waals surface area contributed by atoms with E-state index in [2.05, 4.69) is 185 Å². The van der Waals surface area contributed by atoms with E-state index in [-0.39, 0.29) is 0 Å². The van der Waals surface area contributed by atoms with Crippen molar-refractivity contribution in [3.8, 4) is 45.5 Å². The van der Waals surface area contributed by atoms with Crippen LogP contribution < -0.4 is 0 Å². The van der Waals surface area contributed by atoms with Gasteiger partial charge in [-0.1, -0.05) is 127 Å². The maximum atomic E-state index is 6.59. The van der Waals surface area contributed by atoms with Crippen molar-refractivity contribution in [1.82, 2.24) is 24.1 Å². The van der Waals surface area contributed by atoms with Crippen LogP contribution in [0, 0.1) is 0 Å². The average Bonchev–Trinajstić information content (AvgIpc) is 3.94. The second-order valence-corrected chi connectivity index (χ2v) is 14.4. The van der Waals surface area contributed by atoms with Crippen LogP contribution >= 0.6 is 0 Å². The number of hydrogen-bond acceptors (Lipinski definition) is 4. The molecule has 0 aliphatic rings. The van der Waals surface area contributed by atoms with Gasteiger partial charge in [-0.15, -0.1) is 0 Å². The SMILES string of the molecule is c1ccc(-c2ccc(-c3nc(-c4ccc5oc6ccc7c8ccccc8n(-c8ccccc8)c7c6c5c4)nc(-n4c5ccccc5c5ccccc54)n3)cc2)cc1. The lowest BCUT2D eigenvalue weighted by atomic mass is 10.0. The molecule has 0 saturated carbocycles. The van der Waals surface area contributed by atoms with Crippen LogP contribution in [0.15, 0.2) is 192 Å². The van der Waals surface area contributed by atoms with E-state index < -0.39 is 0 Å². The minimum Gasteiger partial charge on any atom is -0.456 e. The van der Waals surface area contributed by atoms with Crippen LogP contribution in [0.4, 0.5) is 0 Å². The van der Waals surface area contributed by atoms with Crippen molar-refractivity contribution in [3.63, 3.8) is 0 Å². The predicted molar refractivity (Wildman–Crippen MR) is 232 cm³/mol. The fourth-order valence-corrected chi connectivity index (χ4v) is 8.60. The summed E-state index contributed by atoms with van der Waals surface area (Å²) in [4.78, 5) is 15.7. The van der Waals surface area contributed by atoms with Gasteiger partial charge in [-0.25, -0.2) is 4.98 Å². The maximum Gasteiger partial charge on any atom is 0.238 e. The summed E-state index contributed by atoms with van der Waals surface area (Å²) in [6.07, 6.45) is 0.